The van der Waals surface area contributed by atoms with E-state index >= 15 is 0 Å². The summed E-state index contributed by atoms with van der Waals surface area (Å²) < 4.78 is 5.21. The van der Waals surface area contributed by atoms with Crippen LogP contribution < -0.4 is 10.1 Å². The number of methoxy groups -OCH3 is 1. The highest BCUT2D eigenvalue weighted by Crippen LogP contribution is 2.22. The molecular weight excluding hydrogens is 250 g/mol. The van der Waals surface area contributed by atoms with Gasteiger partial charge in [-0.25, -0.2) is 9.97 Å². The SMILES string of the molecule is CCCNC(c1ccc(OC)cc1)c1ccnc(C)n1. The Balaban J connectivity index is 2.30. The van der Waals surface area contributed by atoms with Gasteiger partial charge in [-0.3, -0.25) is 0 Å². The van der Waals surface area contributed by atoms with Gasteiger partial charge < -0.3 is 10.1 Å². The lowest BCUT2D eigenvalue weighted by Crippen LogP contribution is -2.24. The summed E-state index contributed by atoms with van der Waals surface area (Å²) in [6.07, 6.45) is 2.89. The van der Waals surface area contributed by atoms with Gasteiger partial charge in [-0.05, 0) is 43.7 Å². The van der Waals surface area contributed by atoms with Gasteiger partial charge in [-0.1, -0.05) is 19.1 Å². The fourth-order valence-electron chi connectivity index (χ4n) is 2.11. The Labute approximate surface area is 120 Å². The third-order valence-electron chi connectivity index (χ3n) is 3.14. The normalized spacial score (nSPS) is 12.2. The summed E-state index contributed by atoms with van der Waals surface area (Å²) >= 11 is 0. The lowest BCUT2D eigenvalue weighted by Gasteiger charge is -2.19. The monoisotopic (exact) mass is 271 g/mol. The molecular formula is C16H21N3O. The van der Waals surface area contributed by atoms with Gasteiger partial charge in [0.05, 0.1) is 18.8 Å². The van der Waals surface area contributed by atoms with Gasteiger partial charge >= 0.3 is 0 Å². The zero-order valence-electron chi connectivity index (χ0n) is 12.3. The first-order chi connectivity index (χ1) is 9.74. The van der Waals surface area contributed by atoms with E-state index in [-0.39, 0.29) is 6.04 Å². The molecule has 0 fully saturated rings. The number of ether oxygens (including phenoxy) is 1. The highest BCUT2D eigenvalue weighted by atomic mass is 16.5. The first-order valence-corrected chi connectivity index (χ1v) is 6.91. The van der Waals surface area contributed by atoms with Crippen LogP contribution in [0.2, 0.25) is 0 Å². The summed E-state index contributed by atoms with van der Waals surface area (Å²) in [6.45, 7) is 5.01. The summed E-state index contributed by atoms with van der Waals surface area (Å²) in [5.74, 6) is 1.65. The van der Waals surface area contributed by atoms with Gasteiger partial charge in [0, 0.05) is 6.20 Å². The number of hydrogen-bond acceptors (Lipinski definition) is 4. The molecule has 0 saturated heterocycles. The fraction of sp³-hybridized carbons (Fsp3) is 0.375. The quantitative estimate of drug-likeness (QED) is 0.877. The minimum absolute atomic E-state index is 0.0857. The molecule has 1 atom stereocenters. The van der Waals surface area contributed by atoms with Crippen molar-refractivity contribution in [2.24, 2.45) is 0 Å². The molecule has 2 aromatic rings. The highest BCUT2D eigenvalue weighted by Gasteiger charge is 2.15. The Bertz CT molecular complexity index is 540. The van der Waals surface area contributed by atoms with Crippen molar-refractivity contribution in [2.45, 2.75) is 26.3 Å². The molecule has 106 valence electrons. The molecule has 4 nitrogen and oxygen atoms in total. The van der Waals surface area contributed by atoms with Gasteiger partial charge in [0.15, 0.2) is 0 Å². The van der Waals surface area contributed by atoms with E-state index in [0.717, 1.165) is 30.2 Å². The summed E-state index contributed by atoms with van der Waals surface area (Å²) in [5, 5.41) is 3.54. The van der Waals surface area contributed by atoms with Crippen LogP contribution >= 0.6 is 0 Å². The third kappa shape index (κ3) is 3.54. The second kappa shape index (κ2) is 7.01. The minimum Gasteiger partial charge on any atom is -0.497 e. The fourth-order valence-corrected chi connectivity index (χ4v) is 2.11. The maximum absolute atomic E-state index is 5.21. The number of nitrogens with one attached hydrogen (secondary N) is 1. The maximum atomic E-state index is 5.21. The van der Waals surface area contributed by atoms with Crippen LogP contribution in [-0.2, 0) is 0 Å². The molecule has 0 aliphatic rings. The Morgan fingerprint density at radius 2 is 1.95 bits per heavy atom. The molecule has 1 heterocycles. The van der Waals surface area contributed by atoms with E-state index in [0.29, 0.717) is 0 Å². The predicted octanol–water partition coefficient (Wildman–Crippen LogP) is 2.88. The first kappa shape index (κ1) is 14.5. The summed E-state index contributed by atoms with van der Waals surface area (Å²) in [4.78, 5) is 8.71. The Morgan fingerprint density at radius 1 is 1.20 bits per heavy atom. The van der Waals surface area contributed by atoms with Gasteiger partial charge in [-0.2, -0.15) is 0 Å². The summed E-state index contributed by atoms with van der Waals surface area (Å²) in [5.41, 5.74) is 2.17. The zero-order valence-corrected chi connectivity index (χ0v) is 12.3. The van der Waals surface area contributed by atoms with Crippen molar-refractivity contribution < 1.29 is 4.74 Å². The molecule has 0 aliphatic carbocycles. The summed E-state index contributed by atoms with van der Waals surface area (Å²) in [6, 6.07) is 10.1. The molecule has 0 amide bonds. The Kier molecular flexibility index (Phi) is 5.07. The number of aryl methyl sites for hydroxylation is 1. The topological polar surface area (TPSA) is 47.0 Å². The lowest BCUT2D eigenvalue weighted by molar-refractivity contribution is 0.414. The van der Waals surface area contributed by atoms with E-state index in [1.54, 1.807) is 7.11 Å². The van der Waals surface area contributed by atoms with Crippen molar-refractivity contribution in [1.82, 2.24) is 15.3 Å². The van der Waals surface area contributed by atoms with E-state index in [1.165, 1.54) is 5.56 Å². The molecule has 0 spiro atoms. The average molecular weight is 271 g/mol. The molecule has 0 saturated carbocycles. The molecule has 2 rings (SSSR count). The van der Waals surface area contributed by atoms with Crippen LogP contribution in [0, 0.1) is 6.92 Å². The van der Waals surface area contributed by atoms with E-state index < -0.39 is 0 Å². The van der Waals surface area contributed by atoms with Crippen molar-refractivity contribution >= 4 is 0 Å². The molecule has 0 radical (unpaired) electrons. The molecule has 1 unspecified atom stereocenters. The zero-order chi connectivity index (χ0) is 14.4. The number of nitrogens with zero attached hydrogens (tertiary/aromatic N) is 2. The standard InChI is InChI=1S/C16H21N3O/c1-4-10-18-16(15-9-11-17-12(2)19-15)13-5-7-14(20-3)8-6-13/h5-9,11,16,18H,4,10H2,1-3H3. The smallest absolute Gasteiger partial charge is 0.125 e. The largest absolute Gasteiger partial charge is 0.497 e. The van der Waals surface area contributed by atoms with Gasteiger partial charge in [0.25, 0.3) is 0 Å². The van der Waals surface area contributed by atoms with Crippen LogP contribution in [-0.4, -0.2) is 23.6 Å². The molecule has 1 N–H and O–H groups in total. The van der Waals surface area contributed by atoms with Crippen molar-refractivity contribution in [3.8, 4) is 5.75 Å². The number of rotatable bonds is 6. The molecule has 0 aliphatic heterocycles. The van der Waals surface area contributed by atoms with E-state index in [2.05, 4.69) is 34.3 Å². The van der Waals surface area contributed by atoms with Crippen molar-refractivity contribution in [3.05, 3.63) is 53.6 Å². The second-order valence-corrected chi connectivity index (χ2v) is 4.69. The molecule has 20 heavy (non-hydrogen) atoms. The Morgan fingerprint density at radius 3 is 2.55 bits per heavy atom. The van der Waals surface area contributed by atoms with Crippen molar-refractivity contribution in [1.29, 1.82) is 0 Å². The van der Waals surface area contributed by atoms with E-state index in [9.17, 15) is 0 Å². The summed E-state index contributed by atoms with van der Waals surface area (Å²) in [7, 11) is 1.68. The van der Waals surface area contributed by atoms with Crippen LogP contribution in [0.25, 0.3) is 0 Å². The highest BCUT2D eigenvalue weighted by molar-refractivity contribution is 5.33. The molecule has 1 aromatic heterocycles. The van der Waals surface area contributed by atoms with Gasteiger partial charge in [0.1, 0.15) is 11.6 Å². The van der Waals surface area contributed by atoms with Crippen LogP contribution in [0.4, 0.5) is 0 Å². The van der Waals surface area contributed by atoms with Crippen molar-refractivity contribution in [3.63, 3.8) is 0 Å². The van der Waals surface area contributed by atoms with Crippen LogP contribution in [0.15, 0.2) is 36.5 Å². The first-order valence-electron chi connectivity index (χ1n) is 6.91. The Hall–Kier alpha value is -1.94. The second-order valence-electron chi connectivity index (χ2n) is 4.69. The molecule has 0 bridgehead atoms. The average Bonchev–Trinajstić information content (AvgIpc) is 2.48. The van der Waals surface area contributed by atoms with Crippen LogP contribution in [0.3, 0.4) is 0 Å². The maximum Gasteiger partial charge on any atom is 0.125 e. The van der Waals surface area contributed by atoms with Gasteiger partial charge in [-0.15, -0.1) is 0 Å². The predicted molar refractivity (Wildman–Crippen MR) is 79.9 cm³/mol. The molecule has 4 heteroatoms. The third-order valence-corrected chi connectivity index (χ3v) is 3.14. The minimum atomic E-state index is 0.0857. The molecule has 1 aromatic carbocycles. The van der Waals surface area contributed by atoms with Crippen molar-refractivity contribution in [2.75, 3.05) is 13.7 Å². The number of aromatic nitrogens is 2. The van der Waals surface area contributed by atoms with Gasteiger partial charge in [0.2, 0.25) is 0 Å². The van der Waals surface area contributed by atoms with E-state index in [1.807, 2.05) is 31.3 Å². The van der Waals surface area contributed by atoms with Crippen LogP contribution in [0.5, 0.6) is 5.75 Å². The number of hydrogen-bond donors (Lipinski definition) is 1. The number of benzene rings is 1. The van der Waals surface area contributed by atoms with E-state index in [4.69, 9.17) is 4.74 Å². The lowest BCUT2D eigenvalue weighted by atomic mass is 10.0. The van der Waals surface area contributed by atoms with Crippen LogP contribution in [0.1, 0.15) is 36.5 Å².